The van der Waals surface area contributed by atoms with Gasteiger partial charge in [0, 0.05) is 12.3 Å². The van der Waals surface area contributed by atoms with Crippen molar-refractivity contribution in [2.24, 2.45) is 11.8 Å². The lowest BCUT2D eigenvalue weighted by molar-refractivity contribution is -0.130. The summed E-state index contributed by atoms with van der Waals surface area (Å²) < 4.78 is 0. The zero-order valence-electron chi connectivity index (χ0n) is 9.45. The maximum atomic E-state index is 11.7. The second kappa shape index (κ2) is 5.11. The highest BCUT2D eigenvalue weighted by Crippen LogP contribution is 2.33. The van der Waals surface area contributed by atoms with Crippen LogP contribution in [0.1, 0.15) is 57.8 Å². The van der Waals surface area contributed by atoms with Crippen LogP contribution in [0.4, 0.5) is 0 Å². The highest BCUT2D eigenvalue weighted by atomic mass is 16.3. The average molecular weight is 210 g/mol. The van der Waals surface area contributed by atoms with Crippen LogP contribution in [-0.4, -0.2) is 17.0 Å². The first kappa shape index (κ1) is 11.1. The van der Waals surface area contributed by atoms with Gasteiger partial charge in [0.15, 0.2) is 0 Å². The first-order valence-corrected chi connectivity index (χ1v) is 6.50. The van der Waals surface area contributed by atoms with E-state index in [2.05, 4.69) is 0 Å². The normalized spacial score (nSPS) is 31.5. The quantitative estimate of drug-likeness (QED) is 0.761. The van der Waals surface area contributed by atoms with Gasteiger partial charge in [0.05, 0.1) is 6.10 Å². The van der Waals surface area contributed by atoms with Gasteiger partial charge in [0.1, 0.15) is 5.78 Å². The molecule has 2 saturated carbocycles. The van der Waals surface area contributed by atoms with E-state index in [9.17, 15) is 9.90 Å². The zero-order valence-corrected chi connectivity index (χ0v) is 9.45. The third-order valence-electron chi connectivity index (χ3n) is 4.15. The van der Waals surface area contributed by atoms with Gasteiger partial charge in [-0.05, 0) is 31.6 Å². The Morgan fingerprint density at radius 1 is 1.00 bits per heavy atom. The van der Waals surface area contributed by atoms with Gasteiger partial charge in [-0.25, -0.2) is 0 Å². The SMILES string of the molecule is O=C1CCCCC1C(O)C1CCCCC1. The molecule has 0 saturated heterocycles. The van der Waals surface area contributed by atoms with Crippen LogP contribution in [0.3, 0.4) is 0 Å². The lowest BCUT2D eigenvalue weighted by atomic mass is 9.75. The Morgan fingerprint density at radius 3 is 2.33 bits per heavy atom. The fraction of sp³-hybridized carbons (Fsp3) is 0.923. The number of rotatable bonds is 2. The largest absolute Gasteiger partial charge is 0.392 e. The van der Waals surface area contributed by atoms with Gasteiger partial charge in [-0.1, -0.05) is 25.7 Å². The summed E-state index contributed by atoms with van der Waals surface area (Å²) in [4.78, 5) is 11.7. The van der Waals surface area contributed by atoms with E-state index < -0.39 is 0 Å². The van der Waals surface area contributed by atoms with E-state index in [0.29, 0.717) is 18.1 Å². The molecular weight excluding hydrogens is 188 g/mol. The molecule has 0 amide bonds. The fourth-order valence-electron chi connectivity index (χ4n) is 3.18. The summed E-state index contributed by atoms with van der Waals surface area (Å²) in [6.07, 6.45) is 9.50. The molecule has 0 aromatic heterocycles. The Morgan fingerprint density at radius 2 is 1.67 bits per heavy atom. The average Bonchev–Trinajstić information content (AvgIpc) is 2.30. The van der Waals surface area contributed by atoms with Crippen LogP contribution in [0.2, 0.25) is 0 Å². The first-order chi connectivity index (χ1) is 7.29. The third kappa shape index (κ3) is 2.60. The molecule has 2 atom stereocenters. The summed E-state index contributed by atoms with van der Waals surface area (Å²) in [6.45, 7) is 0. The molecule has 86 valence electrons. The summed E-state index contributed by atoms with van der Waals surface area (Å²) in [6, 6.07) is 0. The van der Waals surface area contributed by atoms with Crippen molar-refractivity contribution in [2.45, 2.75) is 63.9 Å². The first-order valence-electron chi connectivity index (χ1n) is 6.50. The molecule has 2 heteroatoms. The molecule has 0 radical (unpaired) electrons. The van der Waals surface area contributed by atoms with Crippen molar-refractivity contribution in [1.29, 1.82) is 0 Å². The van der Waals surface area contributed by atoms with Crippen molar-refractivity contribution in [3.05, 3.63) is 0 Å². The third-order valence-corrected chi connectivity index (χ3v) is 4.15. The smallest absolute Gasteiger partial charge is 0.138 e. The monoisotopic (exact) mass is 210 g/mol. The number of ketones is 1. The molecular formula is C13H22O2. The molecule has 2 nitrogen and oxygen atoms in total. The van der Waals surface area contributed by atoms with Crippen molar-refractivity contribution >= 4 is 5.78 Å². The van der Waals surface area contributed by atoms with Crippen molar-refractivity contribution < 1.29 is 9.90 Å². The van der Waals surface area contributed by atoms with Crippen LogP contribution in [-0.2, 0) is 4.79 Å². The van der Waals surface area contributed by atoms with Crippen LogP contribution in [0.15, 0.2) is 0 Å². The Hall–Kier alpha value is -0.370. The number of hydrogen-bond acceptors (Lipinski definition) is 2. The van der Waals surface area contributed by atoms with Crippen molar-refractivity contribution in [3.8, 4) is 0 Å². The van der Waals surface area contributed by atoms with E-state index in [0.717, 1.165) is 32.1 Å². The van der Waals surface area contributed by atoms with E-state index in [4.69, 9.17) is 0 Å². The minimum absolute atomic E-state index is 0.0261. The molecule has 2 aliphatic carbocycles. The molecule has 0 bridgehead atoms. The highest BCUT2D eigenvalue weighted by molar-refractivity contribution is 5.82. The second-order valence-electron chi connectivity index (χ2n) is 5.21. The molecule has 1 N–H and O–H groups in total. The van der Waals surface area contributed by atoms with E-state index in [-0.39, 0.29) is 12.0 Å². The summed E-state index contributed by atoms with van der Waals surface area (Å²) in [7, 11) is 0. The number of carbonyl (C=O) groups excluding carboxylic acids is 1. The van der Waals surface area contributed by atoms with Gasteiger partial charge in [0.2, 0.25) is 0 Å². The molecule has 15 heavy (non-hydrogen) atoms. The molecule has 2 rings (SSSR count). The van der Waals surface area contributed by atoms with Crippen LogP contribution < -0.4 is 0 Å². The number of hydrogen-bond donors (Lipinski definition) is 1. The molecule has 2 fully saturated rings. The minimum atomic E-state index is -0.335. The lowest BCUT2D eigenvalue weighted by Gasteiger charge is -2.33. The molecule has 0 spiro atoms. The Kier molecular flexibility index (Phi) is 3.79. The van der Waals surface area contributed by atoms with Crippen molar-refractivity contribution in [2.75, 3.05) is 0 Å². The van der Waals surface area contributed by atoms with Crippen LogP contribution in [0.5, 0.6) is 0 Å². The van der Waals surface area contributed by atoms with Gasteiger partial charge in [0.25, 0.3) is 0 Å². The van der Waals surface area contributed by atoms with Crippen LogP contribution >= 0.6 is 0 Å². The molecule has 0 aromatic rings. The lowest BCUT2D eigenvalue weighted by Crippen LogP contribution is -2.37. The van der Waals surface area contributed by atoms with E-state index in [1.54, 1.807) is 0 Å². The molecule has 0 aromatic carbocycles. The van der Waals surface area contributed by atoms with Gasteiger partial charge in [-0.15, -0.1) is 0 Å². The zero-order chi connectivity index (χ0) is 10.7. The van der Waals surface area contributed by atoms with Gasteiger partial charge in [-0.3, -0.25) is 4.79 Å². The Balaban J connectivity index is 1.92. The maximum absolute atomic E-state index is 11.7. The topological polar surface area (TPSA) is 37.3 Å². The predicted molar refractivity (Wildman–Crippen MR) is 59.5 cm³/mol. The predicted octanol–water partition coefficient (Wildman–Crippen LogP) is 2.69. The van der Waals surface area contributed by atoms with Crippen LogP contribution in [0.25, 0.3) is 0 Å². The Labute approximate surface area is 92.1 Å². The minimum Gasteiger partial charge on any atom is -0.392 e. The standard InChI is InChI=1S/C13H22O2/c14-12-9-5-4-8-11(12)13(15)10-6-2-1-3-7-10/h10-11,13,15H,1-9H2. The van der Waals surface area contributed by atoms with Crippen LogP contribution in [0, 0.1) is 11.8 Å². The van der Waals surface area contributed by atoms with E-state index in [1.807, 2.05) is 0 Å². The number of Topliss-reactive ketones (excluding diaryl/α,β-unsaturated/α-hetero) is 1. The molecule has 0 heterocycles. The molecule has 2 unspecified atom stereocenters. The summed E-state index contributed by atoms with van der Waals surface area (Å²) in [5, 5.41) is 10.2. The van der Waals surface area contributed by atoms with Gasteiger partial charge >= 0.3 is 0 Å². The number of carbonyl (C=O) groups is 1. The fourth-order valence-corrected chi connectivity index (χ4v) is 3.18. The van der Waals surface area contributed by atoms with Gasteiger partial charge < -0.3 is 5.11 Å². The van der Waals surface area contributed by atoms with Gasteiger partial charge in [-0.2, -0.15) is 0 Å². The summed E-state index contributed by atoms with van der Waals surface area (Å²) in [5.74, 6) is 0.701. The number of aliphatic hydroxyl groups is 1. The highest BCUT2D eigenvalue weighted by Gasteiger charge is 2.34. The van der Waals surface area contributed by atoms with Crippen molar-refractivity contribution in [1.82, 2.24) is 0 Å². The van der Waals surface area contributed by atoms with E-state index >= 15 is 0 Å². The Bertz CT molecular complexity index is 219. The second-order valence-corrected chi connectivity index (χ2v) is 5.21. The molecule has 2 aliphatic rings. The number of aliphatic hydroxyl groups excluding tert-OH is 1. The molecule has 0 aliphatic heterocycles. The summed E-state index contributed by atoms with van der Waals surface area (Å²) >= 11 is 0. The van der Waals surface area contributed by atoms with Crippen molar-refractivity contribution in [3.63, 3.8) is 0 Å². The summed E-state index contributed by atoms with van der Waals surface area (Å²) in [5.41, 5.74) is 0. The maximum Gasteiger partial charge on any atom is 0.138 e. The van der Waals surface area contributed by atoms with E-state index in [1.165, 1.54) is 19.3 Å².